The number of aliphatic hydroxyl groups excluding tert-OH is 2. The average Bonchev–Trinajstić information content (AvgIpc) is 2.47. The fourth-order valence-electron chi connectivity index (χ4n) is 2.06. The first-order valence-electron chi connectivity index (χ1n) is 7.18. The normalized spacial score (nSPS) is 14.5. The highest BCUT2D eigenvalue weighted by Gasteiger charge is 2.15. The molecule has 0 saturated heterocycles. The van der Waals surface area contributed by atoms with E-state index >= 15 is 0 Å². The molecule has 0 heterocycles. The second kappa shape index (κ2) is 6.55. The lowest BCUT2D eigenvalue weighted by Gasteiger charge is -2.18. The predicted octanol–water partition coefficient (Wildman–Crippen LogP) is 2.91. The maximum absolute atomic E-state index is 10.3. The number of benzene rings is 2. The topological polar surface area (TPSA) is 43.7 Å². The van der Waals surface area contributed by atoms with Crippen molar-refractivity contribution in [3.05, 3.63) is 65.7 Å². The van der Waals surface area contributed by atoms with Gasteiger partial charge in [0.25, 0.3) is 0 Å². The van der Waals surface area contributed by atoms with Crippen molar-refractivity contribution in [1.82, 2.24) is 0 Å². The molecular weight excluding hydrogens is 250 g/mol. The van der Waals surface area contributed by atoms with E-state index in [2.05, 4.69) is 0 Å². The molecule has 0 radical (unpaired) electrons. The molecule has 3 heteroatoms. The molecule has 3 nitrogen and oxygen atoms in total. The Balaban J connectivity index is 2.12. The SMILES string of the molecule is [2H]c1cc(N(C)C)ccc1C(O)CC(O)c1ccccc1. The minimum Gasteiger partial charge on any atom is -0.388 e. The molecule has 20 heavy (non-hydrogen) atoms. The van der Waals surface area contributed by atoms with Gasteiger partial charge in [-0.15, -0.1) is 0 Å². The molecule has 0 spiro atoms. The lowest BCUT2D eigenvalue weighted by atomic mass is 9.99. The number of hydrogen-bond acceptors (Lipinski definition) is 3. The molecule has 0 bridgehead atoms. The van der Waals surface area contributed by atoms with E-state index in [0.29, 0.717) is 5.56 Å². The van der Waals surface area contributed by atoms with Crippen molar-refractivity contribution in [2.24, 2.45) is 0 Å². The van der Waals surface area contributed by atoms with Crippen molar-refractivity contribution < 1.29 is 11.6 Å². The van der Waals surface area contributed by atoms with Gasteiger partial charge in [0.15, 0.2) is 0 Å². The summed E-state index contributed by atoms with van der Waals surface area (Å²) >= 11 is 0. The van der Waals surface area contributed by atoms with Gasteiger partial charge in [-0.2, -0.15) is 0 Å². The van der Waals surface area contributed by atoms with Crippen LogP contribution in [0, 0.1) is 0 Å². The van der Waals surface area contributed by atoms with Crippen molar-refractivity contribution >= 4 is 5.69 Å². The molecule has 0 aliphatic rings. The van der Waals surface area contributed by atoms with Gasteiger partial charge in [-0.1, -0.05) is 42.4 Å². The third-order valence-corrected chi connectivity index (χ3v) is 3.33. The minimum absolute atomic E-state index is 0.178. The molecule has 2 aromatic carbocycles. The average molecular weight is 272 g/mol. The largest absolute Gasteiger partial charge is 0.388 e. The van der Waals surface area contributed by atoms with Crippen LogP contribution in [0.25, 0.3) is 0 Å². The summed E-state index contributed by atoms with van der Waals surface area (Å²) in [6.45, 7) is 0. The lowest BCUT2D eigenvalue weighted by Crippen LogP contribution is -2.09. The fourth-order valence-corrected chi connectivity index (χ4v) is 2.06. The van der Waals surface area contributed by atoms with Gasteiger partial charge >= 0.3 is 0 Å². The Hall–Kier alpha value is -1.84. The van der Waals surface area contributed by atoms with E-state index in [1.165, 1.54) is 0 Å². The van der Waals surface area contributed by atoms with Crippen LogP contribution in [0.3, 0.4) is 0 Å². The number of hydrogen-bond donors (Lipinski definition) is 2. The zero-order valence-electron chi connectivity index (χ0n) is 12.8. The molecule has 0 aromatic heterocycles. The Bertz CT molecular complexity index is 587. The monoisotopic (exact) mass is 272 g/mol. The number of rotatable bonds is 5. The van der Waals surface area contributed by atoms with E-state index in [0.717, 1.165) is 11.3 Å². The molecule has 0 amide bonds. The van der Waals surface area contributed by atoms with Crippen LogP contribution in [0.1, 0.15) is 31.1 Å². The van der Waals surface area contributed by atoms with Crippen molar-refractivity contribution in [3.8, 4) is 0 Å². The summed E-state index contributed by atoms with van der Waals surface area (Å²) in [6, 6.07) is 14.9. The first-order chi connectivity index (χ1) is 9.99. The molecule has 0 aliphatic carbocycles. The van der Waals surface area contributed by atoms with Gasteiger partial charge in [0.05, 0.1) is 13.6 Å². The van der Waals surface area contributed by atoms with Gasteiger partial charge in [-0.25, -0.2) is 0 Å². The van der Waals surface area contributed by atoms with Gasteiger partial charge in [-0.3, -0.25) is 0 Å². The van der Waals surface area contributed by atoms with E-state index in [1.54, 1.807) is 12.1 Å². The Kier molecular flexibility index (Phi) is 4.31. The summed E-state index contributed by atoms with van der Waals surface area (Å²) in [6.07, 6.45) is -1.42. The Labute approximate surface area is 121 Å². The first kappa shape index (κ1) is 13.2. The quantitative estimate of drug-likeness (QED) is 0.879. The van der Waals surface area contributed by atoms with Gasteiger partial charge < -0.3 is 15.1 Å². The highest BCUT2D eigenvalue weighted by Crippen LogP contribution is 2.27. The Morgan fingerprint density at radius 3 is 2.20 bits per heavy atom. The predicted molar refractivity (Wildman–Crippen MR) is 81.7 cm³/mol. The molecule has 0 fully saturated rings. The zero-order chi connectivity index (χ0) is 15.4. The van der Waals surface area contributed by atoms with Crippen molar-refractivity contribution in [3.63, 3.8) is 0 Å². The molecule has 2 atom stereocenters. The molecule has 106 valence electrons. The van der Waals surface area contributed by atoms with Crippen LogP contribution in [-0.2, 0) is 0 Å². The maximum atomic E-state index is 10.3. The maximum Gasteiger partial charge on any atom is 0.0818 e. The summed E-state index contributed by atoms with van der Waals surface area (Å²) in [5.74, 6) is 0. The van der Waals surface area contributed by atoms with Crippen molar-refractivity contribution in [2.45, 2.75) is 18.6 Å². The fraction of sp³-hybridized carbons (Fsp3) is 0.294. The smallest absolute Gasteiger partial charge is 0.0818 e. The van der Waals surface area contributed by atoms with Gasteiger partial charge in [-0.05, 0) is 23.3 Å². The summed E-state index contributed by atoms with van der Waals surface area (Å²) in [5.41, 5.74) is 2.23. The van der Waals surface area contributed by atoms with Crippen molar-refractivity contribution in [1.29, 1.82) is 0 Å². The number of nitrogens with zero attached hydrogens (tertiary/aromatic N) is 1. The summed E-state index contributed by atoms with van der Waals surface area (Å²) in [4.78, 5) is 1.91. The van der Waals surface area contributed by atoms with Crippen LogP contribution in [0.15, 0.2) is 54.6 Å². The number of anilines is 1. The van der Waals surface area contributed by atoms with Crippen LogP contribution in [0.4, 0.5) is 5.69 Å². The minimum atomic E-state index is -0.857. The van der Waals surface area contributed by atoms with E-state index in [9.17, 15) is 10.2 Å². The molecule has 2 N–H and O–H groups in total. The third kappa shape index (κ3) is 3.59. The molecule has 0 aliphatic heterocycles. The van der Waals surface area contributed by atoms with Crippen LogP contribution >= 0.6 is 0 Å². The van der Waals surface area contributed by atoms with Crippen LogP contribution in [0.5, 0.6) is 0 Å². The summed E-state index contributed by atoms with van der Waals surface area (Å²) in [5, 5.41) is 20.4. The van der Waals surface area contributed by atoms with E-state index in [-0.39, 0.29) is 12.5 Å². The van der Waals surface area contributed by atoms with Crippen LogP contribution in [-0.4, -0.2) is 24.3 Å². The van der Waals surface area contributed by atoms with E-state index < -0.39 is 12.2 Å². The summed E-state index contributed by atoms with van der Waals surface area (Å²) < 4.78 is 8.02. The Morgan fingerprint density at radius 1 is 0.950 bits per heavy atom. The second-order valence-electron chi connectivity index (χ2n) is 5.07. The zero-order valence-corrected chi connectivity index (χ0v) is 11.8. The molecule has 2 aromatic rings. The van der Waals surface area contributed by atoms with Crippen LogP contribution < -0.4 is 4.90 Å². The van der Waals surface area contributed by atoms with Gasteiger partial charge in [0, 0.05) is 26.2 Å². The van der Waals surface area contributed by atoms with Gasteiger partial charge in [0.1, 0.15) is 0 Å². The summed E-state index contributed by atoms with van der Waals surface area (Å²) in [7, 11) is 3.81. The lowest BCUT2D eigenvalue weighted by molar-refractivity contribution is 0.0804. The first-order valence-corrected chi connectivity index (χ1v) is 6.68. The Morgan fingerprint density at radius 2 is 1.60 bits per heavy atom. The molecule has 0 saturated carbocycles. The van der Waals surface area contributed by atoms with Crippen LogP contribution in [0.2, 0.25) is 0 Å². The van der Waals surface area contributed by atoms with E-state index in [4.69, 9.17) is 1.37 Å². The third-order valence-electron chi connectivity index (χ3n) is 3.33. The van der Waals surface area contributed by atoms with E-state index in [1.807, 2.05) is 55.4 Å². The second-order valence-corrected chi connectivity index (χ2v) is 5.07. The molecular formula is C17H21NO2. The number of aliphatic hydroxyl groups is 2. The standard InChI is InChI=1S/C17H21NO2/c1-18(2)15-10-8-14(9-11-15)17(20)12-16(19)13-6-4-3-5-7-13/h3-11,16-17,19-20H,12H2,1-2H3/i8D. The highest BCUT2D eigenvalue weighted by atomic mass is 16.3. The van der Waals surface area contributed by atoms with Gasteiger partial charge in [0.2, 0.25) is 0 Å². The highest BCUT2D eigenvalue weighted by molar-refractivity contribution is 5.46. The molecule has 2 unspecified atom stereocenters. The molecule has 2 rings (SSSR count). The van der Waals surface area contributed by atoms with Crippen molar-refractivity contribution in [2.75, 3.05) is 19.0 Å².